The van der Waals surface area contributed by atoms with Gasteiger partial charge in [-0.15, -0.1) is 0 Å². The molecule has 3 nitrogen and oxygen atoms in total. The van der Waals surface area contributed by atoms with Crippen LogP contribution in [0.3, 0.4) is 0 Å². The fourth-order valence-electron chi connectivity index (χ4n) is 1.20. The van der Waals surface area contributed by atoms with Gasteiger partial charge in [0.1, 0.15) is 6.67 Å². The predicted octanol–water partition coefficient (Wildman–Crippen LogP) is 2.05. The van der Waals surface area contributed by atoms with Crippen molar-refractivity contribution in [3.63, 3.8) is 0 Å². The highest BCUT2D eigenvalue weighted by atomic mass is 127. The second-order valence-electron chi connectivity index (χ2n) is 3.49. The quantitative estimate of drug-likeness (QED) is 0.659. The molecule has 1 aromatic rings. The van der Waals surface area contributed by atoms with Crippen LogP contribution < -0.4 is 5.32 Å². The maximum absolute atomic E-state index is 12.2. The van der Waals surface area contributed by atoms with Gasteiger partial charge in [-0.05, 0) is 18.2 Å². The number of carbonyl (C=O) groups is 1. The van der Waals surface area contributed by atoms with Gasteiger partial charge in [0.2, 0.25) is 5.91 Å². The summed E-state index contributed by atoms with van der Waals surface area (Å²) in [6, 6.07) is 7.10. The highest BCUT2D eigenvalue weighted by molar-refractivity contribution is 14.1. The van der Waals surface area contributed by atoms with Gasteiger partial charge in [0.25, 0.3) is 0 Å². The van der Waals surface area contributed by atoms with Crippen LogP contribution in [0.1, 0.15) is 11.1 Å². The van der Waals surface area contributed by atoms with Gasteiger partial charge in [0, 0.05) is 29.4 Å². The minimum Gasteiger partial charge on any atom is -0.351 e. The minimum absolute atomic E-state index is 0.0218. The zero-order valence-corrected chi connectivity index (χ0v) is 11.2. The fourth-order valence-corrected chi connectivity index (χ4v) is 1.51. The van der Waals surface area contributed by atoms with E-state index in [4.69, 9.17) is 0 Å². The Kier molecular flexibility index (Phi) is 5.68. The third-order valence-electron chi connectivity index (χ3n) is 2.03. The van der Waals surface area contributed by atoms with Crippen molar-refractivity contribution in [2.75, 3.05) is 13.6 Å². The van der Waals surface area contributed by atoms with E-state index in [9.17, 15) is 9.18 Å². The standard InChI is InChI=1S/C11H14FIN2O/c1-15(13)8-11(16)14-7-10-4-2-9(6-12)3-5-10/h2-5H,6-8H2,1H3,(H,14,16). The van der Waals surface area contributed by atoms with Crippen LogP contribution in [0.15, 0.2) is 24.3 Å². The number of nitrogens with zero attached hydrogens (tertiary/aromatic N) is 1. The number of hydrogen-bond donors (Lipinski definition) is 1. The summed E-state index contributed by atoms with van der Waals surface area (Å²) in [5.74, 6) is -0.0218. The highest BCUT2D eigenvalue weighted by Crippen LogP contribution is 2.05. The van der Waals surface area contributed by atoms with Crippen LogP contribution in [0.4, 0.5) is 4.39 Å². The number of benzene rings is 1. The average Bonchev–Trinajstić information content (AvgIpc) is 2.26. The van der Waals surface area contributed by atoms with E-state index in [1.165, 1.54) is 0 Å². The molecule has 0 aliphatic carbocycles. The van der Waals surface area contributed by atoms with Crippen molar-refractivity contribution in [3.05, 3.63) is 35.4 Å². The van der Waals surface area contributed by atoms with Crippen LogP contribution in [-0.2, 0) is 18.0 Å². The zero-order chi connectivity index (χ0) is 12.0. The van der Waals surface area contributed by atoms with Crippen LogP contribution in [0, 0.1) is 0 Å². The average molecular weight is 336 g/mol. The Bertz CT molecular complexity index is 340. The lowest BCUT2D eigenvalue weighted by Crippen LogP contribution is -2.30. The SMILES string of the molecule is CN(I)CC(=O)NCc1ccc(CF)cc1. The molecule has 1 amide bonds. The molecule has 0 bridgehead atoms. The molecule has 5 heteroatoms. The highest BCUT2D eigenvalue weighted by Gasteiger charge is 2.03. The number of hydrogen-bond acceptors (Lipinski definition) is 2. The Morgan fingerprint density at radius 2 is 1.94 bits per heavy atom. The van der Waals surface area contributed by atoms with Gasteiger partial charge in [0.15, 0.2) is 0 Å². The molecule has 0 fully saturated rings. The largest absolute Gasteiger partial charge is 0.351 e. The molecule has 1 aromatic carbocycles. The molecule has 0 aromatic heterocycles. The normalized spacial score (nSPS) is 10.5. The molecule has 0 saturated carbocycles. The molecule has 88 valence electrons. The number of nitrogens with one attached hydrogen (secondary N) is 1. The number of halogens is 2. The Hall–Kier alpha value is -0.690. The number of carbonyl (C=O) groups excluding carboxylic acids is 1. The monoisotopic (exact) mass is 336 g/mol. The molecule has 0 aliphatic rings. The predicted molar refractivity (Wildman–Crippen MR) is 69.8 cm³/mol. The molecule has 0 radical (unpaired) electrons. The van der Waals surface area contributed by atoms with Gasteiger partial charge in [-0.3, -0.25) is 4.79 Å². The summed E-state index contributed by atoms with van der Waals surface area (Å²) >= 11 is 2.05. The van der Waals surface area contributed by atoms with E-state index in [-0.39, 0.29) is 5.91 Å². The summed E-state index contributed by atoms with van der Waals surface area (Å²) in [4.78, 5) is 11.3. The van der Waals surface area contributed by atoms with Gasteiger partial charge in [-0.2, -0.15) is 0 Å². The van der Waals surface area contributed by atoms with Gasteiger partial charge in [0.05, 0.1) is 6.54 Å². The maximum atomic E-state index is 12.2. The first-order valence-corrected chi connectivity index (χ1v) is 5.85. The Balaban J connectivity index is 2.39. The molecule has 16 heavy (non-hydrogen) atoms. The molecule has 0 heterocycles. The first-order valence-electron chi connectivity index (χ1n) is 4.89. The molecule has 1 N–H and O–H groups in total. The van der Waals surface area contributed by atoms with E-state index in [0.717, 1.165) is 5.56 Å². The Morgan fingerprint density at radius 3 is 2.44 bits per heavy atom. The van der Waals surface area contributed by atoms with E-state index >= 15 is 0 Å². The summed E-state index contributed by atoms with van der Waals surface area (Å²) in [6.45, 7) is 0.394. The molecule has 0 atom stereocenters. The number of alkyl halides is 1. The lowest BCUT2D eigenvalue weighted by molar-refractivity contribution is -0.121. The lowest BCUT2D eigenvalue weighted by Gasteiger charge is -2.08. The molecule has 0 saturated heterocycles. The minimum atomic E-state index is -0.452. The summed E-state index contributed by atoms with van der Waals surface area (Å²) in [6.07, 6.45) is 0. The van der Waals surface area contributed by atoms with Crippen molar-refractivity contribution < 1.29 is 9.18 Å². The van der Waals surface area contributed by atoms with E-state index in [1.54, 1.807) is 15.2 Å². The van der Waals surface area contributed by atoms with E-state index in [2.05, 4.69) is 28.2 Å². The topological polar surface area (TPSA) is 32.3 Å². The number of likely N-dealkylation sites (N-methyl/N-ethyl adjacent to an activating group) is 1. The van der Waals surface area contributed by atoms with Gasteiger partial charge >= 0.3 is 0 Å². The second kappa shape index (κ2) is 6.80. The van der Waals surface area contributed by atoms with Crippen LogP contribution in [-0.4, -0.2) is 22.6 Å². The fraction of sp³-hybridized carbons (Fsp3) is 0.364. The molecule has 0 spiro atoms. The Morgan fingerprint density at radius 1 is 1.38 bits per heavy atom. The van der Waals surface area contributed by atoms with Crippen LogP contribution in [0.2, 0.25) is 0 Å². The van der Waals surface area contributed by atoms with Crippen molar-refractivity contribution in [2.45, 2.75) is 13.2 Å². The van der Waals surface area contributed by atoms with E-state index in [0.29, 0.717) is 18.7 Å². The number of rotatable bonds is 5. The van der Waals surface area contributed by atoms with Crippen molar-refractivity contribution >= 4 is 28.8 Å². The van der Waals surface area contributed by atoms with Gasteiger partial charge in [-0.1, -0.05) is 24.3 Å². The van der Waals surface area contributed by atoms with Crippen LogP contribution in [0.5, 0.6) is 0 Å². The summed E-state index contributed by atoms with van der Waals surface area (Å²) in [7, 11) is 1.83. The molecular formula is C11H14FIN2O. The summed E-state index contributed by atoms with van der Waals surface area (Å²) in [5, 5.41) is 2.79. The third kappa shape index (κ3) is 4.89. The van der Waals surface area contributed by atoms with Crippen molar-refractivity contribution in [1.29, 1.82) is 0 Å². The lowest BCUT2D eigenvalue weighted by atomic mass is 10.1. The van der Waals surface area contributed by atoms with Crippen molar-refractivity contribution in [1.82, 2.24) is 8.43 Å². The first kappa shape index (κ1) is 13.4. The maximum Gasteiger partial charge on any atom is 0.235 e. The molecule has 0 unspecified atom stereocenters. The Labute approximate surface area is 109 Å². The molecule has 1 rings (SSSR count). The molecular weight excluding hydrogens is 322 g/mol. The molecule has 0 aliphatic heterocycles. The first-order chi connectivity index (χ1) is 7.61. The van der Waals surface area contributed by atoms with Crippen molar-refractivity contribution in [3.8, 4) is 0 Å². The summed E-state index contributed by atoms with van der Waals surface area (Å²) in [5.41, 5.74) is 1.63. The van der Waals surface area contributed by atoms with E-state index < -0.39 is 6.67 Å². The zero-order valence-electron chi connectivity index (χ0n) is 9.04. The van der Waals surface area contributed by atoms with Crippen LogP contribution in [0.25, 0.3) is 0 Å². The van der Waals surface area contributed by atoms with E-state index in [1.807, 2.05) is 19.2 Å². The van der Waals surface area contributed by atoms with Gasteiger partial charge in [-0.25, -0.2) is 7.50 Å². The van der Waals surface area contributed by atoms with Gasteiger partial charge < -0.3 is 5.32 Å². The second-order valence-corrected chi connectivity index (χ2v) is 5.14. The smallest absolute Gasteiger partial charge is 0.235 e. The number of amides is 1. The summed E-state index contributed by atoms with van der Waals surface area (Å²) < 4.78 is 14.0. The third-order valence-corrected chi connectivity index (χ3v) is 2.37. The van der Waals surface area contributed by atoms with Crippen LogP contribution >= 0.6 is 22.9 Å². The van der Waals surface area contributed by atoms with Crippen molar-refractivity contribution in [2.24, 2.45) is 0 Å².